The molecule has 2 rings (SSSR count). The Morgan fingerprint density at radius 2 is 1.23 bits per heavy atom. The van der Waals surface area contributed by atoms with Gasteiger partial charge in [-0.05, 0) is 37.4 Å². The Kier molecular flexibility index (Phi) is 27.7. The summed E-state index contributed by atoms with van der Waals surface area (Å²) >= 11 is 0. The number of aliphatic hydroxyl groups is 1. The Morgan fingerprint density at radius 1 is 0.857 bits per heavy atom. The van der Waals surface area contributed by atoms with Gasteiger partial charge in [0.2, 0.25) is 0 Å². The molecule has 2 fully saturated rings. The van der Waals surface area contributed by atoms with Gasteiger partial charge in [-0.3, -0.25) is 0 Å². The fourth-order valence-corrected chi connectivity index (χ4v) is 4.36. The maximum Gasteiger partial charge on any atom is 0.191 e. The molecule has 0 aliphatic heterocycles. The van der Waals surface area contributed by atoms with Crippen molar-refractivity contribution in [3.63, 3.8) is 0 Å². The van der Waals surface area contributed by atoms with Gasteiger partial charge in [-0.2, -0.15) is 0 Å². The molecule has 0 amide bonds. The van der Waals surface area contributed by atoms with Crippen LogP contribution in [0.2, 0.25) is 18.1 Å². The van der Waals surface area contributed by atoms with E-state index in [1.807, 2.05) is 6.08 Å². The van der Waals surface area contributed by atoms with E-state index >= 15 is 0 Å². The van der Waals surface area contributed by atoms with E-state index in [1.54, 1.807) is 0 Å². The fraction of sp³-hybridized carbons (Fsp3) is 0.923. The summed E-state index contributed by atoms with van der Waals surface area (Å²) in [5.74, 6) is 0. The third-order valence-corrected chi connectivity index (χ3v) is 11.0. The van der Waals surface area contributed by atoms with Crippen molar-refractivity contribution in [3.8, 4) is 0 Å². The van der Waals surface area contributed by atoms with Crippen molar-refractivity contribution in [3.05, 3.63) is 12.2 Å². The summed E-state index contributed by atoms with van der Waals surface area (Å²) in [5, 5.41) is 10.1. The summed E-state index contributed by atoms with van der Waals surface area (Å²) in [7, 11) is -6.56. The molecule has 0 spiro atoms. The molecule has 2 saturated carbocycles. The Labute approximate surface area is 238 Å². The standard InChI is InChI=1S/C16H34O2Si.2C5H10.ClHO4.Zr/c1-7-8-9-10-12-15(17)13-11-14-18-19(5,6)16(2,3)4;2*1-2-4-5-3-1;2-1(3,4)5;/h10,12,15,17H,7-9,11,13-14H2,1-6H3;2*1-5H2;(H,2,3,4,5);/p-1/b12-10+;;;;. The van der Waals surface area contributed by atoms with Crippen LogP contribution in [0, 0.1) is 10.2 Å². The smallest absolute Gasteiger partial charge is 0.191 e. The van der Waals surface area contributed by atoms with Gasteiger partial charge in [0.1, 0.15) is 0 Å². The first-order valence-corrected chi connectivity index (χ1v) is 17.5. The Bertz CT molecular complexity index is 442. The molecule has 2 aliphatic rings. The first kappa shape index (κ1) is 40.4. The molecule has 2 aliphatic carbocycles. The summed E-state index contributed by atoms with van der Waals surface area (Å²) in [4.78, 5) is 0. The van der Waals surface area contributed by atoms with Crippen molar-refractivity contribution in [2.75, 3.05) is 6.61 Å². The zero-order chi connectivity index (χ0) is 26.5. The zero-order valence-corrected chi connectivity index (χ0v) is 27.6. The number of hydrogen-bond donors (Lipinski definition) is 1. The van der Waals surface area contributed by atoms with Gasteiger partial charge in [-0.1, -0.05) is 117 Å². The Hall–Kier alpha value is 0.890. The average Bonchev–Trinajstić information content (AvgIpc) is 3.45. The van der Waals surface area contributed by atoms with Crippen molar-refractivity contribution in [2.24, 2.45) is 0 Å². The second-order valence-corrected chi connectivity index (χ2v) is 16.4. The topological polar surface area (TPSA) is 122 Å². The van der Waals surface area contributed by atoms with Crippen molar-refractivity contribution in [1.29, 1.82) is 0 Å². The molecule has 210 valence electrons. The predicted molar refractivity (Wildman–Crippen MR) is 133 cm³/mol. The molecule has 1 atom stereocenters. The van der Waals surface area contributed by atoms with Crippen LogP contribution in [0.3, 0.4) is 0 Å². The van der Waals surface area contributed by atoms with E-state index in [4.69, 9.17) is 23.1 Å². The Morgan fingerprint density at radius 3 is 1.54 bits per heavy atom. The minimum absolute atomic E-state index is 0. The van der Waals surface area contributed by atoms with E-state index in [9.17, 15) is 5.11 Å². The number of hydrogen-bond acceptors (Lipinski definition) is 6. The van der Waals surface area contributed by atoms with Crippen molar-refractivity contribution < 1.29 is 64.6 Å². The van der Waals surface area contributed by atoms with Crippen LogP contribution in [0.25, 0.3) is 0 Å². The quantitative estimate of drug-likeness (QED) is 0.237. The van der Waals surface area contributed by atoms with Gasteiger partial charge in [0.15, 0.2) is 8.32 Å². The van der Waals surface area contributed by atoms with Crippen LogP contribution >= 0.6 is 0 Å². The minimum atomic E-state index is -4.94. The first-order valence-electron chi connectivity index (χ1n) is 13.3. The van der Waals surface area contributed by atoms with Gasteiger partial charge in [0.05, 0.1) is 6.10 Å². The summed E-state index contributed by atoms with van der Waals surface area (Å²) in [6.45, 7) is 14.3. The van der Waals surface area contributed by atoms with Crippen LogP contribution in [0.1, 0.15) is 124 Å². The summed E-state index contributed by atoms with van der Waals surface area (Å²) in [6, 6.07) is 0. The summed E-state index contributed by atoms with van der Waals surface area (Å²) in [6.07, 6.45) is 24.0. The van der Waals surface area contributed by atoms with Crippen LogP contribution in [0.5, 0.6) is 0 Å². The SMILES string of the molecule is C1CCCC1.C1CCCC1.CCCC/C=C/C(O)CCCO[Si](C)(C)C(C)(C)C.[O-][Cl+3]([O-])([O-])[O-].[Zr]. The molecule has 1 N–H and O–H groups in total. The van der Waals surface area contributed by atoms with Crippen LogP contribution in [0.4, 0.5) is 0 Å². The fourth-order valence-electron chi connectivity index (χ4n) is 3.28. The van der Waals surface area contributed by atoms with E-state index in [0.717, 1.165) is 25.9 Å². The third-order valence-electron chi connectivity index (χ3n) is 6.50. The second kappa shape index (κ2) is 24.0. The molecule has 0 heterocycles. The number of rotatable bonds is 9. The number of unbranched alkanes of at least 4 members (excludes halogenated alkanes) is 2. The van der Waals surface area contributed by atoms with Gasteiger partial charge in [0.25, 0.3) is 0 Å². The molecular formula is C26H54ClO6SiZr-. The van der Waals surface area contributed by atoms with E-state index < -0.39 is 18.6 Å². The third kappa shape index (κ3) is 32.9. The van der Waals surface area contributed by atoms with Gasteiger partial charge < -0.3 is 9.53 Å². The number of halogens is 1. The zero-order valence-electron chi connectivity index (χ0n) is 23.4. The number of aliphatic hydroxyl groups excluding tert-OH is 1. The van der Waals surface area contributed by atoms with Gasteiger partial charge >= 0.3 is 0 Å². The van der Waals surface area contributed by atoms with Crippen molar-refractivity contribution in [2.45, 2.75) is 148 Å². The second-order valence-electron chi connectivity index (χ2n) is 10.8. The summed E-state index contributed by atoms with van der Waals surface area (Å²) < 4.78 is 40.1. The molecule has 35 heavy (non-hydrogen) atoms. The van der Waals surface area contributed by atoms with E-state index in [2.05, 4.69) is 46.9 Å². The maximum absolute atomic E-state index is 9.81. The monoisotopic (exact) mass is 615 g/mol. The van der Waals surface area contributed by atoms with Gasteiger partial charge in [-0.25, -0.2) is 18.6 Å². The van der Waals surface area contributed by atoms with Gasteiger partial charge in [-0.15, -0.1) is 10.2 Å². The first-order chi connectivity index (χ1) is 15.7. The molecule has 1 unspecified atom stereocenters. The molecule has 0 bridgehead atoms. The van der Waals surface area contributed by atoms with Gasteiger partial charge in [0, 0.05) is 32.8 Å². The molecule has 0 saturated heterocycles. The normalized spacial score (nSPS) is 16.8. The molecule has 0 aromatic rings. The summed E-state index contributed by atoms with van der Waals surface area (Å²) in [5.41, 5.74) is 0. The largest absolute Gasteiger partial charge is 0.417 e. The average molecular weight is 617 g/mol. The van der Waals surface area contributed by atoms with Crippen molar-refractivity contribution in [1.82, 2.24) is 0 Å². The van der Waals surface area contributed by atoms with Crippen LogP contribution in [-0.2, 0) is 30.6 Å². The number of allylic oxidation sites excluding steroid dienone is 1. The van der Waals surface area contributed by atoms with Crippen LogP contribution in [-0.4, -0.2) is 26.1 Å². The van der Waals surface area contributed by atoms with E-state index in [-0.39, 0.29) is 37.3 Å². The molecule has 0 aromatic heterocycles. The van der Waals surface area contributed by atoms with E-state index in [0.29, 0.717) is 0 Å². The maximum atomic E-state index is 9.81. The van der Waals surface area contributed by atoms with Crippen LogP contribution in [0.15, 0.2) is 12.2 Å². The molecule has 9 heteroatoms. The minimum Gasteiger partial charge on any atom is -0.417 e. The Balaban J connectivity index is -0.000000509. The van der Waals surface area contributed by atoms with E-state index in [1.165, 1.54) is 77.0 Å². The van der Waals surface area contributed by atoms with Crippen LogP contribution < -0.4 is 18.6 Å². The predicted octanol–water partition coefficient (Wildman–Crippen LogP) is 4.04. The molecule has 0 radical (unpaired) electrons. The molecule has 0 aromatic carbocycles. The van der Waals surface area contributed by atoms with Crippen molar-refractivity contribution >= 4 is 8.32 Å². The molecular weight excluding hydrogens is 563 g/mol. The molecule has 6 nitrogen and oxygen atoms in total.